The van der Waals surface area contributed by atoms with Crippen molar-refractivity contribution >= 4 is 17.6 Å². The number of non-ortho nitro benzene ring substituents is 1. The van der Waals surface area contributed by atoms with Crippen molar-refractivity contribution in [1.82, 2.24) is 9.88 Å². The maximum Gasteiger partial charge on any atom is 0.340 e. The van der Waals surface area contributed by atoms with Crippen LogP contribution in [-0.4, -0.2) is 54.1 Å². The molecular formula is C29H32FN3O6. The molecule has 0 aliphatic rings. The molecule has 0 amide bonds. The summed E-state index contributed by atoms with van der Waals surface area (Å²) in [6.45, 7) is 8.26. The number of ether oxygens (including phenoxy) is 2. The van der Waals surface area contributed by atoms with E-state index in [9.17, 15) is 19.7 Å². The van der Waals surface area contributed by atoms with Crippen LogP contribution in [0, 0.1) is 35.2 Å². The Morgan fingerprint density at radius 2 is 1.67 bits per heavy atom. The van der Waals surface area contributed by atoms with Gasteiger partial charge in [-0.3, -0.25) is 15.1 Å². The monoisotopic (exact) mass is 537 g/mol. The van der Waals surface area contributed by atoms with E-state index < -0.39 is 33.8 Å². The summed E-state index contributed by atoms with van der Waals surface area (Å²) < 4.78 is 25.7. The fourth-order valence-corrected chi connectivity index (χ4v) is 4.60. The van der Waals surface area contributed by atoms with Crippen molar-refractivity contribution in [2.24, 2.45) is 5.41 Å². The molecule has 1 aromatic heterocycles. The number of nitro benzene ring substituents is 1. The molecule has 0 aliphatic heterocycles. The summed E-state index contributed by atoms with van der Waals surface area (Å²) in [6, 6.07) is 12.9. The standard InChI is InChI=1S/C29H32FN3O6/c1-18-24(27(34)38-6)26(22-14-21(33(36)37)12-13-23(22)30)25(19(2)31-18)28(35)39-17-29(3,4)16-32(5)15-20-10-8-7-9-11-20/h7-14H,15-17H2,1-6H3. The third-order valence-electron chi connectivity index (χ3n) is 6.17. The van der Waals surface area contributed by atoms with Gasteiger partial charge in [-0.2, -0.15) is 0 Å². The molecule has 39 heavy (non-hydrogen) atoms. The zero-order valence-corrected chi connectivity index (χ0v) is 22.9. The molecule has 2 aromatic carbocycles. The second-order valence-corrected chi connectivity index (χ2v) is 10.2. The zero-order chi connectivity index (χ0) is 28.9. The van der Waals surface area contributed by atoms with Crippen LogP contribution in [0.5, 0.6) is 0 Å². The Morgan fingerprint density at radius 1 is 1.05 bits per heavy atom. The number of hydrogen-bond acceptors (Lipinski definition) is 8. The van der Waals surface area contributed by atoms with Crippen molar-refractivity contribution in [1.29, 1.82) is 0 Å². The molecular weight excluding hydrogens is 505 g/mol. The average molecular weight is 538 g/mol. The number of aryl methyl sites for hydroxylation is 2. The van der Waals surface area contributed by atoms with Crippen molar-refractivity contribution in [3.8, 4) is 11.1 Å². The number of methoxy groups -OCH3 is 1. The van der Waals surface area contributed by atoms with E-state index in [-0.39, 0.29) is 40.2 Å². The Kier molecular flexibility index (Phi) is 9.13. The fourth-order valence-electron chi connectivity index (χ4n) is 4.60. The minimum absolute atomic E-state index is 0.0166. The lowest BCUT2D eigenvalue weighted by atomic mass is 9.91. The number of carbonyl (C=O) groups is 2. The van der Waals surface area contributed by atoms with Crippen LogP contribution in [0.4, 0.5) is 10.1 Å². The third kappa shape index (κ3) is 7.02. The van der Waals surface area contributed by atoms with Gasteiger partial charge in [0.1, 0.15) is 5.82 Å². The molecule has 0 atom stereocenters. The second-order valence-electron chi connectivity index (χ2n) is 10.2. The Hall–Kier alpha value is -4.18. The van der Waals surface area contributed by atoms with E-state index in [2.05, 4.69) is 9.88 Å². The van der Waals surface area contributed by atoms with Gasteiger partial charge in [0.15, 0.2) is 0 Å². The highest BCUT2D eigenvalue weighted by Gasteiger charge is 2.31. The maximum atomic E-state index is 15.1. The quantitative estimate of drug-likeness (QED) is 0.189. The second kappa shape index (κ2) is 12.1. The molecule has 0 bridgehead atoms. The predicted molar refractivity (Wildman–Crippen MR) is 144 cm³/mol. The highest BCUT2D eigenvalue weighted by atomic mass is 19.1. The van der Waals surface area contributed by atoms with Gasteiger partial charge in [-0.05, 0) is 32.5 Å². The minimum Gasteiger partial charge on any atom is -0.465 e. The molecule has 0 unspecified atom stereocenters. The highest BCUT2D eigenvalue weighted by Crippen LogP contribution is 2.36. The van der Waals surface area contributed by atoms with E-state index in [0.29, 0.717) is 13.1 Å². The molecule has 206 valence electrons. The van der Waals surface area contributed by atoms with E-state index >= 15 is 4.39 Å². The van der Waals surface area contributed by atoms with Gasteiger partial charge < -0.3 is 14.4 Å². The van der Waals surface area contributed by atoms with Crippen LogP contribution in [0.2, 0.25) is 0 Å². The molecule has 0 fully saturated rings. The number of rotatable bonds is 10. The fraction of sp³-hybridized carbons (Fsp3) is 0.345. The summed E-state index contributed by atoms with van der Waals surface area (Å²) in [5.41, 5.74) is -0.142. The van der Waals surface area contributed by atoms with Gasteiger partial charge >= 0.3 is 11.9 Å². The molecule has 3 rings (SSSR count). The van der Waals surface area contributed by atoms with Crippen LogP contribution in [-0.2, 0) is 16.0 Å². The van der Waals surface area contributed by atoms with Gasteiger partial charge in [0.05, 0.1) is 41.2 Å². The molecule has 0 saturated heterocycles. The van der Waals surface area contributed by atoms with Crippen molar-refractivity contribution in [3.63, 3.8) is 0 Å². The molecule has 10 heteroatoms. The lowest BCUT2D eigenvalue weighted by molar-refractivity contribution is -0.384. The lowest BCUT2D eigenvalue weighted by Crippen LogP contribution is -2.35. The molecule has 9 nitrogen and oxygen atoms in total. The first-order valence-electron chi connectivity index (χ1n) is 12.3. The maximum absolute atomic E-state index is 15.1. The van der Waals surface area contributed by atoms with Gasteiger partial charge in [-0.25, -0.2) is 14.0 Å². The molecule has 1 heterocycles. The molecule has 0 N–H and O–H groups in total. The van der Waals surface area contributed by atoms with E-state index in [1.54, 1.807) is 0 Å². The number of aromatic nitrogens is 1. The van der Waals surface area contributed by atoms with E-state index in [0.717, 1.165) is 30.9 Å². The summed E-state index contributed by atoms with van der Waals surface area (Å²) in [5, 5.41) is 11.4. The average Bonchev–Trinajstić information content (AvgIpc) is 2.87. The number of nitro groups is 1. The first-order chi connectivity index (χ1) is 18.3. The van der Waals surface area contributed by atoms with Crippen molar-refractivity contribution in [3.05, 3.63) is 92.5 Å². The number of benzene rings is 2. The first-order valence-corrected chi connectivity index (χ1v) is 12.3. The Bertz CT molecular complexity index is 1390. The summed E-state index contributed by atoms with van der Waals surface area (Å²) in [6.07, 6.45) is 0. The van der Waals surface area contributed by atoms with Crippen LogP contribution in [0.15, 0.2) is 48.5 Å². The van der Waals surface area contributed by atoms with Crippen LogP contribution >= 0.6 is 0 Å². The smallest absolute Gasteiger partial charge is 0.340 e. The molecule has 0 spiro atoms. The number of pyridine rings is 1. The Balaban J connectivity index is 1.98. The lowest BCUT2D eigenvalue weighted by Gasteiger charge is -2.30. The number of hydrogen-bond donors (Lipinski definition) is 0. The number of nitrogens with zero attached hydrogens (tertiary/aromatic N) is 3. The number of esters is 2. The molecule has 0 aliphatic carbocycles. The summed E-state index contributed by atoms with van der Waals surface area (Å²) >= 11 is 0. The third-order valence-corrected chi connectivity index (χ3v) is 6.17. The van der Waals surface area contributed by atoms with Crippen molar-refractivity contribution < 1.29 is 28.4 Å². The van der Waals surface area contributed by atoms with Crippen LogP contribution in [0.1, 0.15) is 51.5 Å². The molecule has 3 aromatic rings. The highest BCUT2D eigenvalue weighted by molar-refractivity contribution is 6.07. The molecule has 0 radical (unpaired) electrons. The Morgan fingerprint density at radius 3 is 2.26 bits per heavy atom. The van der Waals surface area contributed by atoms with Crippen LogP contribution < -0.4 is 0 Å². The summed E-state index contributed by atoms with van der Waals surface area (Å²) in [4.78, 5) is 43.4. The normalized spacial score (nSPS) is 11.4. The van der Waals surface area contributed by atoms with Crippen LogP contribution in [0.25, 0.3) is 11.1 Å². The van der Waals surface area contributed by atoms with Crippen LogP contribution in [0.3, 0.4) is 0 Å². The van der Waals surface area contributed by atoms with Gasteiger partial charge in [-0.15, -0.1) is 0 Å². The largest absolute Gasteiger partial charge is 0.465 e. The van der Waals surface area contributed by atoms with E-state index in [4.69, 9.17) is 9.47 Å². The minimum atomic E-state index is -0.863. The van der Waals surface area contributed by atoms with Gasteiger partial charge in [0.25, 0.3) is 5.69 Å². The Labute approximate surface area is 226 Å². The predicted octanol–water partition coefficient (Wildman–Crippen LogP) is 5.51. The summed E-state index contributed by atoms with van der Waals surface area (Å²) in [5.74, 6) is -2.55. The van der Waals surface area contributed by atoms with Crippen molar-refractivity contribution in [2.75, 3.05) is 27.3 Å². The van der Waals surface area contributed by atoms with Gasteiger partial charge in [0.2, 0.25) is 0 Å². The first kappa shape index (κ1) is 29.4. The number of halogens is 1. The van der Waals surface area contributed by atoms with Gasteiger partial charge in [-0.1, -0.05) is 44.2 Å². The summed E-state index contributed by atoms with van der Waals surface area (Å²) in [7, 11) is 3.11. The van der Waals surface area contributed by atoms with E-state index in [1.165, 1.54) is 13.8 Å². The number of carbonyl (C=O) groups excluding carboxylic acids is 2. The van der Waals surface area contributed by atoms with Gasteiger partial charge in [0, 0.05) is 41.8 Å². The van der Waals surface area contributed by atoms with Crippen molar-refractivity contribution in [2.45, 2.75) is 34.2 Å². The molecule has 0 saturated carbocycles. The topological polar surface area (TPSA) is 112 Å². The van der Waals surface area contributed by atoms with E-state index in [1.807, 2.05) is 51.2 Å². The zero-order valence-electron chi connectivity index (χ0n) is 22.9. The SMILES string of the molecule is COC(=O)c1c(C)nc(C)c(C(=O)OCC(C)(C)CN(C)Cc2ccccc2)c1-c1cc([N+](=O)[O-])ccc1F.